The van der Waals surface area contributed by atoms with Gasteiger partial charge in [0.2, 0.25) is 10.0 Å². The van der Waals surface area contributed by atoms with Crippen molar-refractivity contribution in [1.82, 2.24) is 25.0 Å². The lowest BCUT2D eigenvalue weighted by molar-refractivity contribution is 0.537. The van der Waals surface area contributed by atoms with Gasteiger partial charge in [-0.15, -0.1) is 0 Å². The van der Waals surface area contributed by atoms with Gasteiger partial charge >= 0.3 is 0 Å². The van der Waals surface area contributed by atoms with E-state index in [0.29, 0.717) is 6.54 Å². The highest BCUT2D eigenvalue weighted by Crippen LogP contribution is 2.18. The number of fused-ring (bicyclic) bond motifs is 1. The molecule has 0 unspecified atom stereocenters. The SMILES string of the molecule is C[C@H](CNCCc1cnc[nH]1)NS(=O)(=O)c1ccc2cnccc2c1. The predicted molar refractivity (Wildman–Crippen MR) is 96.7 cm³/mol. The highest BCUT2D eigenvalue weighted by atomic mass is 32.2. The van der Waals surface area contributed by atoms with Crippen molar-refractivity contribution in [3.05, 3.63) is 54.9 Å². The molecule has 8 heteroatoms. The Bertz CT molecular complexity index is 925. The number of nitrogens with zero attached hydrogens (tertiary/aromatic N) is 2. The summed E-state index contributed by atoms with van der Waals surface area (Å²) in [7, 11) is -3.56. The molecule has 1 atom stereocenters. The van der Waals surface area contributed by atoms with Crippen LogP contribution in [-0.2, 0) is 16.4 Å². The van der Waals surface area contributed by atoms with Crippen molar-refractivity contribution in [2.24, 2.45) is 0 Å². The summed E-state index contributed by atoms with van der Waals surface area (Å²) in [6.45, 7) is 3.13. The number of pyridine rings is 1. The highest BCUT2D eigenvalue weighted by molar-refractivity contribution is 7.89. The molecule has 132 valence electrons. The van der Waals surface area contributed by atoms with Crippen LogP contribution in [0.15, 0.2) is 54.1 Å². The van der Waals surface area contributed by atoms with Gasteiger partial charge in [0.1, 0.15) is 0 Å². The molecular weight excluding hydrogens is 338 g/mol. The summed E-state index contributed by atoms with van der Waals surface area (Å²) in [5.74, 6) is 0. The number of nitrogens with one attached hydrogen (secondary N) is 3. The lowest BCUT2D eigenvalue weighted by Crippen LogP contribution is -2.40. The number of rotatable bonds is 8. The van der Waals surface area contributed by atoms with E-state index in [-0.39, 0.29) is 10.9 Å². The van der Waals surface area contributed by atoms with E-state index in [1.54, 1.807) is 49.2 Å². The fourth-order valence-corrected chi connectivity index (χ4v) is 3.84. The van der Waals surface area contributed by atoms with Crippen molar-refractivity contribution in [2.45, 2.75) is 24.3 Å². The Labute approximate surface area is 147 Å². The molecule has 1 aromatic carbocycles. The number of aromatic amines is 1. The van der Waals surface area contributed by atoms with E-state index in [4.69, 9.17) is 0 Å². The number of H-pyrrole nitrogens is 1. The van der Waals surface area contributed by atoms with E-state index in [9.17, 15) is 8.42 Å². The Morgan fingerprint density at radius 2 is 2.04 bits per heavy atom. The normalized spacial score (nSPS) is 13.2. The van der Waals surface area contributed by atoms with Gasteiger partial charge in [-0.1, -0.05) is 6.07 Å². The highest BCUT2D eigenvalue weighted by Gasteiger charge is 2.17. The molecule has 7 nitrogen and oxygen atoms in total. The number of hydrogen-bond acceptors (Lipinski definition) is 5. The minimum atomic E-state index is -3.56. The van der Waals surface area contributed by atoms with Crippen molar-refractivity contribution in [2.75, 3.05) is 13.1 Å². The van der Waals surface area contributed by atoms with E-state index in [0.717, 1.165) is 29.4 Å². The molecule has 3 aromatic rings. The van der Waals surface area contributed by atoms with Gasteiger partial charge in [-0.2, -0.15) is 0 Å². The molecule has 2 heterocycles. The Balaban J connectivity index is 1.56. The Morgan fingerprint density at radius 1 is 1.16 bits per heavy atom. The minimum Gasteiger partial charge on any atom is -0.348 e. The van der Waals surface area contributed by atoms with Gasteiger partial charge in [-0.05, 0) is 30.5 Å². The molecule has 0 aliphatic heterocycles. The molecule has 3 rings (SSSR count). The van der Waals surface area contributed by atoms with Crippen molar-refractivity contribution in [3.8, 4) is 0 Å². The molecule has 0 amide bonds. The van der Waals surface area contributed by atoms with Crippen molar-refractivity contribution in [1.29, 1.82) is 0 Å². The first-order valence-corrected chi connectivity index (χ1v) is 9.57. The van der Waals surface area contributed by atoms with E-state index >= 15 is 0 Å². The van der Waals surface area contributed by atoms with Crippen LogP contribution in [-0.4, -0.2) is 42.5 Å². The third-order valence-electron chi connectivity index (χ3n) is 3.86. The van der Waals surface area contributed by atoms with Crippen molar-refractivity contribution < 1.29 is 8.42 Å². The Kier molecular flexibility index (Phi) is 5.42. The number of hydrogen-bond donors (Lipinski definition) is 3. The first kappa shape index (κ1) is 17.5. The monoisotopic (exact) mass is 359 g/mol. The molecule has 0 saturated carbocycles. The number of aromatic nitrogens is 3. The largest absolute Gasteiger partial charge is 0.348 e. The van der Waals surface area contributed by atoms with E-state index in [2.05, 4.69) is 25.0 Å². The van der Waals surface area contributed by atoms with Crippen molar-refractivity contribution in [3.63, 3.8) is 0 Å². The van der Waals surface area contributed by atoms with Gasteiger partial charge < -0.3 is 10.3 Å². The average Bonchev–Trinajstić information content (AvgIpc) is 3.11. The lowest BCUT2D eigenvalue weighted by atomic mass is 10.2. The molecule has 0 saturated heterocycles. The maximum absolute atomic E-state index is 12.5. The summed E-state index contributed by atoms with van der Waals surface area (Å²) in [6.07, 6.45) is 7.61. The molecule has 0 spiro atoms. The van der Waals surface area contributed by atoms with Crippen LogP contribution in [0.5, 0.6) is 0 Å². The fraction of sp³-hybridized carbons (Fsp3) is 0.294. The molecule has 0 bridgehead atoms. The first-order valence-electron chi connectivity index (χ1n) is 8.09. The smallest absolute Gasteiger partial charge is 0.240 e. The fourth-order valence-electron chi connectivity index (χ4n) is 2.57. The lowest BCUT2D eigenvalue weighted by Gasteiger charge is -2.15. The quantitative estimate of drug-likeness (QED) is 0.529. The summed E-state index contributed by atoms with van der Waals surface area (Å²) in [4.78, 5) is 11.3. The summed E-state index contributed by atoms with van der Waals surface area (Å²) < 4.78 is 27.8. The summed E-state index contributed by atoms with van der Waals surface area (Å²) in [6, 6.07) is 6.61. The molecule has 3 N–H and O–H groups in total. The van der Waals surface area contributed by atoms with Gasteiger partial charge in [0.15, 0.2) is 0 Å². The number of imidazole rings is 1. The third kappa shape index (κ3) is 4.62. The molecule has 2 aromatic heterocycles. The van der Waals surface area contributed by atoms with Gasteiger partial charge in [0.05, 0.1) is 11.2 Å². The molecule has 0 radical (unpaired) electrons. The van der Waals surface area contributed by atoms with Gasteiger partial charge in [-0.25, -0.2) is 18.1 Å². The maximum Gasteiger partial charge on any atom is 0.240 e. The van der Waals surface area contributed by atoms with Crippen LogP contribution in [0.2, 0.25) is 0 Å². The predicted octanol–water partition coefficient (Wildman–Crippen LogP) is 1.46. The van der Waals surface area contributed by atoms with Crippen LogP contribution in [0, 0.1) is 0 Å². The maximum atomic E-state index is 12.5. The number of benzene rings is 1. The van der Waals surface area contributed by atoms with Crippen LogP contribution in [0.3, 0.4) is 0 Å². The molecule has 0 fully saturated rings. The molecule has 25 heavy (non-hydrogen) atoms. The Hall–Kier alpha value is -2.29. The standard InChI is InChI=1S/C17H21N5O2S/c1-13(9-18-7-5-16-11-20-12-21-16)22-25(23,24)17-3-2-15-10-19-6-4-14(15)8-17/h2-4,6,8,10-13,18,22H,5,7,9H2,1H3,(H,20,21)/t13-/m1/s1. The van der Waals surface area contributed by atoms with Gasteiger partial charge in [-0.3, -0.25) is 4.98 Å². The topological polar surface area (TPSA) is 99.8 Å². The minimum absolute atomic E-state index is 0.222. The zero-order valence-corrected chi connectivity index (χ0v) is 14.8. The van der Waals surface area contributed by atoms with Gasteiger partial charge in [0, 0.05) is 55.2 Å². The summed E-state index contributed by atoms with van der Waals surface area (Å²) in [5.41, 5.74) is 1.05. The van der Waals surface area contributed by atoms with Gasteiger partial charge in [0.25, 0.3) is 0 Å². The third-order valence-corrected chi connectivity index (χ3v) is 5.44. The molecule has 0 aliphatic rings. The average molecular weight is 359 g/mol. The van der Waals surface area contributed by atoms with Crippen LogP contribution < -0.4 is 10.0 Å². The summed E-state index contributed by atoms with van der Waals surface area (Å²) >= 11 is 0. The molecular formula is C17H21N5O2S. The van der Waals surface area contributed by atoms with Crippen LogP contribution >= 0.6 is 0 Å². The molecule has 0 aliphatic carbocycles. The van der Waals surface area contributed by atoms with Crippen LogP contribution in [0.25, 0.3) is 10.8 Å². The zero-order valence-electron chi connectivity index (χ0n) is 13.9. The summed E-state index contributed by atoms with van der Waals surface area (Å²) in [5, 5.41) is 5.01. The Morgan fingerprint density at radius 3 is 2.84 bits per heavy atom. The van der Waals surface area contributed by atoms with Crippen LogP contribution in [0.4, 0.5) is 0 Å². The first-order chi connectivity index (χ1) is 12.0. The van der Waals surface area contributed by atoms with E-state index in [1.807, 2.05) is 6.92 Å². The van der Waals surface area contributed by atoms with E-state index in [1.165, 1.54) is 0 Å². The zero-order chi connectivity index (χ0) is 17.7. The number of sulfonamides is 1. The second-order valence-corrected chi connectivity index (χ2v) is 7.65. The second kappa shape index (κ2) is 7.73. The van der Waals surface area contributed by atoms with Crippen LogP contribution in [0.1, 0.15) is 12.6 Å². The van der Waals surface area contributed by atoms with E-state index < -0.39 is 10.0 Å². The second-order valence-electron chi connectivity index (χ2n) is 5.94. The van der Waals surface area contributed by atoms with Crippen molar-refractivity contribution >= 4 is 20.8 Å².